The van der Waals surface area contributed by atoms with Crippen molar-refractivity contribution in [3.8, 4) is 5.75 Å². The Balaban J connectivity index is 3.35. The summed E-state index contributed by atoms with van der Waals surface area (Å²) < 4.78 is 28.5. The summed E-state index contributed by atoms with van der Waals surface area (Å²) in [5.74, 6) is -1.56. The number of nitro benzene ring substituents is 1. The van der Waals surface area contributed by atoms with Gasteiger partial charge < -0.3 is 9.84 Å². The third-order valence-corrected chi connectivity index (χ3v) is 2.25. The Bertz CT molecular complexity index is 542. The standard InChI is InChI=1S/C11H9F2NO5/c1-6-7(2-5-10(15)16)8(14(17)18)3-4-9(6)19-11(12)13/h2-5,11H,1H3,(H,15,16)/b5-2+. The summed E-state index contributed by atoms with van der Waals surface area (Å²) in [4.78, 5) is 20.5. The van der Waals surface area contributed by atoms with Crippen molar-refractivity contribution in [2.75, 3.05) is 0 Å². The molecule has 0 saturated heterocycles. The number of halogens is 2. The minimum atomic E-state index is -3.07. The van der Waals surface area contributed by atoms with Gasteiger partial charge in [0.25, 0.3) is 5.69 Å². The average Bonchev–Trinajstić information content (AvgIpc) is 2.28. The van der Waals surface area contributed by atoms with E-state index in [-0.39, 0.29) is 16.9 Å². The van der Waals surface area contributed by atoms with Gasteiger partial charge in [0.05, 0.1) is 10.5 Å². The smallest absolute Gasteiger partial charge is 0.387 e. The highest BCUT2D eigenvalue weighted by molar-refractivity contribution is 5.87. The lowest BCUT2D eigenvalue weighted by molar-refractivity contribution is -0.385. The molecule has 0 heterocycles. The Hall–Kier alpha value is -2.51. The van der Waals surface area contributed by atoms with Gasteiger partial charge in [-0.15, -0.1) is 0 Å². The predicted molar refractivity (Wildman–Crippen MR) is 61.1 cm³/mol. The van der Waals surface area contributed by atoms with Gasteiger partial charge in [0, 0.05) is 17.7 Å². The van der Waals surface area contributed by atoms with Gasteiger partial charge in [-0.1, -0.05) is 0 Å². The molecule has 1 rings (SSSR count). The molecule has 6 nitrogen and oxygen atoms in total. The van der Waals surface area contributed by atoms with Gasteiger partial charge in [-0.2, -0.15) is 8.78 Å². The lowest BCUT2D eigenvalue weighted by atomic mass is 10.0. The Kier molecular flexibility index (Phi) is 4.51. The zero-order valence-electron chi connectivity index (χ0n) is 9.67. The van der Waals surface area contributed by atoms with Crippen molar-refractivity contribution in [2.24, 2.45) is 0 Å². The third kappa shape index (κ3) is 3.73. The molecule has 0 fully saturated rings. The fourth-order valence-corrected chi connectivity index (χ4v) is 1.44. The van der Waals surface area contributed by atoms with Crippen molar-refractivity contribution in [1.29, 1.82) is 0 Å². The molecular formula is C11H9F2NO5. The monoisotopic (exact) mass is 273 g/mol. The molecule has 102 valence electrons. The zero-order valence-corrected chi connectivity index (χ0v) is 9.67. The summed E-state index contributed by atoms with van der Waals surface area (Å²) in [6, 6.07) is 2.02. The number of carbonyl (C=O) groups is 1. The van der Waals surface area contributed by atoms with Gasteiger partial charge in [-0.3, -0.25) is 10.1 Å². The topological polar surface area (TPSA) is 89.7 Å². The van der Waals surface area contributed by atoms with E-state index in [4.69, 9.17) is 5.11 Å². The van der Waals surface area contributed by atoms with E-state index in [1.54, 1.807) is 0 Å². The van der Waals surface area contributed by atoms with Crippen molar-refractivity contribution < 1.29 is 28.3 Å². The van der Waals surface area contributed by atoms with E-state index in [1.165, 1.54) is 6.92 Å². The minimum Gasteiger partial charge on any atom is -0.478 e. The first-order valence-corrected chi connectivity index (χ1v) is 4.96. The largest absolute Gasteiger partial charge is 0.478 e. The van der Waals surface area contributed by atoms with Gasteiger partial charge in [0.15, 0.2) is 0 Å². The highest BCUT2D eigenvalue weighted by atomic mass is 19.3. The summed E-state index contributed by atoms with van der Waals surface area (Å²) in [6.45, 7) is -1.75. The molecule has 0 unspecified atom stereocenters. The molecule has 1 aromatic carbocycles. The molecule has 0 aliphatic heterocycles. The van der Waals surface area contributed by atoms with Crippen molar-refractivity contribution in [2.45, 2.75) is 13.5 Å². The first-order valence-electron chi connectivity index (χ1n) is 4.96. The first kappa shape index (κ1) is 14.6. The van der Waals surface area contributed by atoms with Gasteiger partial charge >= 0.3 is 12.6 Å². The number of carboxylic acid groups (broad SMARTS) is 1. The van der Waals surface area contributed by atoms with Crippen LogP contribution in [0.25, 0.3) is 6.08 Å². The van der Waals surface area contributed by atoms with E-state index < -0.39 is 23.2 Å². The number of nitro groups is 1. The SMILES string of the molecule is Cc1c(OC(F)F)ccc([N+](=O)[O-])c1/C=C/C(=O)O. The summed E-state index contributed by atoms with van der Waals surface area (Å²) in [7, 11) is 0. The fraction of sp³-hybridized carbons (Fsp3) is 0.182. The van der Waals surface area contributed by atoms with Crippen LogP contribution in [0.3, 0.4) is 0 Å². The van der Waals surface area contributed by atoms with Crippen molar-refractivity contribution in [3.05, 3.63) is 39.4 Å². The van der Waals surface area contributed by atoms with Crippen LogP contribution < -0.4 is 4.74 Å². The average molecular weight is 273 g/mol. The second kappa shape index (κ2) is 5.89. The van der Waals surface area contributed by atoms with Crippen LogP contribution in [-0.2, 0) is 4.79 Å². The van der Waals surface area contributed by atoms with Crippen LogP contribution in [-0.4, -0.2) is 22.6 Å². The maximum atomic E-state index is 12.1. The normalized spacial score (nSPS) is 10.9. The number of aliphatic carboxylic acids is 1. The molecule has 0 atom stereocenters. The Morgan fingerprint density at radius 3 is 2.63 bits per heavy atom. The fourth-order valence-electron chi connectivity index (χ4n) is 1.44. The van der Waals surface area contributed by atoms with Gasteiger partial charge in [0.2, 0.25) is 0 Å². The van der Waals surface area contributed by atoms with E-state index in [0.29, 0.717) is 6.08 Å². The number of hydrogen-bond acceptors (Lipinski definition) is 4. The molecule has 0 saturated carbocycles. The maximum Gasteiger partial charge on any atom is 0.387 e. The van der Waals surface area contributed by atoms with E-state index in [0.717, 1.165) is 18.2 Å². The molecule has 0 spiro atoms. The van der Waals surface area contributed by atoms with Crippen molar-refractivity contribution in [1.82, 2.24) is 0 Å². The van der Waals surface area contributed by atoms with E-state index >= 15 is 0 Å². The maximum absolute atomic E-state index is 12.1. The molecule has 0 aliphatic rings. The van der Waals surface area contributed by atoms with Crippen LogP contribution in [0, 0.1) is 17.0 Å². The van der Waals surface area contributed by atoms with Crippen LogP contribution >= 0.6 is 0 Å². The lowest BCUT2D eigenvalue weighted by Crippen LogP contribution is -2.05. The molecule has 19 heavy (non-hydrogen) atoms. The summed E-state index contributed by atoms with van der Waals surface area (Å²) in [5, 5.41) is 19.3. The van der Waals surface area contributed by atoms with E-state index in [9.17, 15) is 23.7 Å². The quantitative estimate of drug-likeness (QED) is 0.506. The molecule has 0 aromatic heterocycles. The lowest BCUT2D eigenvalue weighted by Gasteiger charge is -2.10. The second-order valence-corrected chi connectivity index (χ2v) is 3.43. The third-order valence-electron chi connectivity index (χ3n) is 2.25. The van der Waals surface area contributed by atoms with E-state index in [2.05, 4.69) is 4.74 Å². The van der Waals surface area contributed by atoms with Crippen LogP contribution in [0.2, 0.25) is 0 Å². The molecular weight excluding hydrogens is 264 g/mol. The second-order valence-electron chi connectivity index (χ2n) is 3.43. The molecule has 0 aliphatic carbocycles. The molecule has 0 amide bonds. The van der Waals surface area contributed by atoms with Crippen LogP contribution in [0.1, 0.15) is 11.1 Å². The number of benzene rings is 1. The first-order chi connectivity index (χ1) is 8.82. The molecule has 1 N–H and O–H groups in total. The molecule has 8 heteroatoms. The molecule has 0 radical (unpaired) electrons. The number of nitrogens with zero attached hydrogens (tertiary/aromatic N) is 1. The van der Waals surface area contributed by atoms with Crippen LogP contribution in [0.4, 0.5) is 14.5 Å². The van der Waals surface area contributed by atoms with Crippen molar-refractivity contribution >= 4 is 17.7 Å². The van der Waals surface area contributed by atoms with Gasteiger partial charge in [0.1, 0.15) is 5.75 Å². The predicted octanol–water partition coefficient (Wildman–Crippen LogP) is 2.60. The summed E-state index contributed by atoms with van der Waals surface area (Å²) in [5.41, 5.74) is -0.422. The van der Waals surface area contributed by atoms with Crippen LogP contribution in [0.5, 0.6) is 5.75 Å². The number of alkyl halides is 2. The van der Waals surface area contributed by atoms with Gasteiger partial charge in [-0.25, -0.2) is 4.79 Å². The summed E-state index contributed by atoms with van der Waals surface area (Å²) >= 11 is 0. The number of rotatable bonds is 5. The van der Waals surface area contributed by atoms with Gasteiger partial charge in [-0.05, 0) is 19.1 Å². The van der Waals surface area contributed by atoms with Crippen LogP contribution in [0.15, 0.2) is 18.2 Å². The Morgan fingerprint density at radius 1 is 1.53 bits per heavy atom. The number of hydrogen-bond donors (Lipinski definition) is 1. The van der Waals surface area contributed by atoms with E-state index in [1.807, 2.05) is 0 Å². The van der Waals surface area contributed by atoms with Crippen molar-refractivity contribution in [3.63, 3.8) is 0 Å². The highest BCUT2D eigenvalue weighted by Crippen LogP contribution is 2.31. The molecule has 1 aromatic rings. The number of carboxylic acids is 1. The number of ether oxygens (including phenoxy) is 1. The highest BCUT2D eigenvalue weighted by Gasteiger charge is 2.19. The minimum absolute atomic E-state index is 0.0620. The molecule has 0 bridgehead atoms. The Labute approximate surface area is 106 Å². The zero-order chi connectivity index (χ0) is 14.6. The summed E-state index contributed by atoms with van der Waals surface area (Å²) in [6.07, 6.45) is 1.65. The Morgan fingerprint density at radius 2 is 2.16 bits per heavy atom.